The summed E-state index contributed by atoms with van der Waals surface area (Å²) in [6.45, 7) is 1.97. The van der Waals surface area contributed by atoms with Crippen molar-refractivity contribution in [1.29, 1.82) is 0 Å². The van der Waals surface area contributed by atoms with E-state index in [-0.39, 0.29) is 0 Å². The third kappa shape index (κ3) is 1.53. The summed E-state index contributed by atoms with van der Waals surface area (Å²) in [6.07, 6.45) is 1.17. The van der Waals surface area contributed by atoms with Crippen LogP contribution in [0.3, 0.4) is 0 Å². The number of anilines is 1. The number of amides is 1. The third-order valence-corrected chi connectivity index (χ3v) is 4.09. The van der Waals surface area contributed by atoms with Crippen LogP contribution in [0.2, 0.25) is 0 Å². The number of carbonyl (C=O) groups is 1. The smallest absolute Gasteiger partial charge is 0.250 e. The molecule has 6 nitrogen and oxygen atoms in total. The molecule has 98 valence electrons. The number of nitrogens with two attached hydrogens (primary N) is 1. The second-order valence-corrected chi connectivity index (χ2v) is 5.27. The number of imidazole rings is 1. The van der Waals surface area contributed by atoms with Crippen LogP contribution >= 0.6 is 0 Å². The molecule has 2 bridgehead atoms. The van der Waals surface area contributed by atoms with Crippen molar-refractivity contribution >= 4 is 22.9 Å². The molecule has 6 heteroatoms. The first-order valence-corrected chi connectivity index (χ1v) is 6.51. The number of nitrogens with one attached hydrogen (secondary N) is 2. The molecule has 1 aromatic carbocycles. The van der Waals surface area contributed by atoms with Crippen molar-refractivity contribution in [3.8, 4) is 0 Å². The topological polar surface area (TPSA) is 87.0 Å². The lowest BCUT2D eigenvalue weighted by atomic mass is 10.2. The molecule has 2 aliphatic heterocycles. The maximum atomic E-state index is 11.4. The summed E-state index contributed by atoms with van der Waals surface area (Å²) in [6, 6.07) is 6.52. The fourth-order valence-electron chi connectivity index (χ4n) is 3.17. The summed E-state index contributed by atoms with van der Waals surface area (Å²) >= 11 is 0. The first kappa shape index (κ1) is 10.8. The van der Waals surface area contributed by atoms with Gasteiger partial charge in [0, 0.05) is 25.2 Å². The van der Waals surface area contributed by atoms with Crippen molar-refractivity contribution in [3.05, 3.63) is 23.8 Å². The lowest BCUT2D eigenvalue weighted by Gasteiger charge is -2.26. The van der Waals surface area contributed by atoms with Gasteiger partial charge in [0.15, 0.2) is 0 Å². The Balaban J connectivity index is 1.80. The molecular formula is C13H15N5O. The summed E-state index contributed by atoms with van der Waals surface area (Å²) in [7, 11) is 0. The number of nitrogens with zero attached hydrogens (tertiary/aromatic N) is 2. The molecule has 2 aromatic rings. The van der Waals surface area contributed by atoms with Gasteiger partial charge >= 0.3 is 0 Å². The zero-order valence-electron chi connectivity index (χ0n) is 10.4. The molecular weight excluding hydrogens is 242 g/mol. The molecule has 2 atom stereocenters. The molecule has 3 heterocycles. The highest BCUT2D eigenvalue weighted by Gasteiger charge is 2.38. The summed E-state index contributed by atoms with van der Waals surface area (Å²) in [5, 5.41) is 3.46. The number of fused-ring (bicyclic) bond motifs is 3. The fraction of sp³-hybridized carbons (Fsp3) is 0.385. The second-order valence-electron chi connectivity index (χ2n) is 5.27. The molecule has 1 amide bonds. The van der Waals surface area contributed by atoms with Crippen molar-refractivity contribution in [3.63, 3.8) is 0 Å². The normalized spacial score (nSPS) is 25.4. The Hall–Kier alpha value is -2.08. The van der Waals surface area contributed by atoms with Crippen LogP contribution in [0.1, 0.15) is 16.8 Å². The number of hydrogen-bond donors (Lipinski definition) is 3. The average Bonchev–Trinajstić information content (AvgIpc) is 3.11. The molecule has 2 fully saturated rings. The van der Waals surface area contributed by atoms with Crippen molar-refractivity contribution in [2.45, 2.75) is 18.5 Å². The summed E-state index contributed by atoms with van der Waals surface area (Å²) in [5.41, 5.74) is 7.39. The van der Waals surface area contributed by atoms with Crippen LogP contribution in [-0.2, 0) is 0 Å². The molecule has 0 saturated carbocycles. The van der Waals surface area contributed by atoms with Crippen molar-refractivity contribution in [2.24, 2.45) is 5.73 Å². The van der Waals surface area contributed by atoms with E-state index in [1.807, 2.05) is 12.1 Å². The number of hydrogen-bond acceptors (Lipinski definition) is 4. The lowest BCUT2D eigenvalue weighted by molar-refractivity contribution is 0.100. The van der Waals surface area contributed by atoms with Crippen molar-refractivity contribution < 1.29 is 4.79 Å². The van der Waals surface area contributed by atoms with Gasteiger partial charge in [0.2, 0.25) is 5.95 Å². The van der Waals surface area contributed by atoms with Crippen LogP contribution in [0, 0.1) is 0 Å². The van der Waals surface area contributed by atoms with Crippen LogP contribution in [0.5, 0.6) is 0 Å². The molecule has 1 aromatic heterocycles. The van der Waals surface area contributed by atoms with Gasteiger partial charge in [-0.3, -0.25) is 4.79 Å². The monoisotopic (exact) mass is 257 g/mol. The molecule has 19 heavy (non-hydrogen) atoms. The highest BCUT2D eigenvalue weighted by atomic mass is 16.1. The van der Waals surface area contributed by atoms with Crippen LogP contribution in [0.4, 0.5) is 5.95 Å². The maximum absolute atomic E-state index is 11.4. The van der Waals surface area contributed by atoms with Gasteiger partial charge in [0.05, 0.1) is 11.1 Å². The minimum atomic E-state index is -0.437. The predicted octanol–water partition coefficient (Wildman–Crippen LogP) is 0.212. The minimum Gasteiger partial charge on any atom is -0.366 e. The Morgan fingerprint density at radius 2 is 2.37 bits per heavy atom. The van der Waals surface area contributed by atoms with Crippen molar-refractivity contribution in [2.75, 3.05) is 18.0 Å². The Kier molecular flexibility index (Phi) is 2.11. The van der Waals surface area contributed by atoms with E-state index in [1.165, 1.54) is 6.42 Å². The average molecular weight is 257 g/mol. The van der Waals surface area contributed by atoms with E-state index in [1.54, 1.807) is 6.07 Å². The zero-order valence-corrected chi connectivity index (χ0v) is 10.4. The number of benzene rings is 1. The molecule has 4 N–H and O–H groups in total. The molecule has 4 rings (SSSR count). The highest BCUT2D eigenvalue weighted by molar-refractivity contribution is 6.04. The van der Waals surface area contributed by atoms with Crippen LogP contribution in [0.15, 0.2) is 18.2 Å². The fourth-order valence-corrected chi connectivity index (χ4v) is 3.17. The van der Waals surface area contributed by atoms with E-state index in [0.717, 1.165) is 24.6 Å². The van der Waals surface area contributed by atoms with Crippen LogP contribution < -0.4 is 16.0 Å². The van der Waals surface area contributed by atoms with Crippen molar-refractivity contribution in [1.82, 2.24) is 15.3 Å². The number of aromatic nitrogens is 2. The lowest BCUT2D eigenvalue weighted by Crippen LogP contribution is -2.44. The van der Waals surface area contributed by atoms with Gasteiger partial charge in [-0.15, -0.1) is 0 Å². The van der Waals surface area contributed by atoms with E-state index in [2.05, 4.69) is 20.2 Å². The van der Waals surface area contributed by atoms with Crippen LogP contribution in [0.25, 0.3) is 11.0 Å². The second kappa shape index (κ2) is 3.71. The molecule has 0 radical (unpaired) electrons. The van der Waals surface area contributed by atoms with Gasteiger partial charge in [-0.05, 0) is 18.6 Å². The predicted molar refractivity (Wildman–Crippen MR) is 72.2 cm³/mol. The Morgan fingerprint density at radius 1 is 1.47 bits per heavy atom. The largest absolute Gasteiger partial charge is 0.366 e. The Morgan fingerprint density at radius 3 is 3.05 bits per heavy atom. The number of para-hydroxylation sites is 1. The van der Waals surface area contributed by atoms with Crippen LogP contribution in [-0.4, -0.2) is 41.0 Å². The van der Waals surface area contributed by atoms with Gasteiger partial charge in [-0.2, -0.15) is 0 Å². The van der Waals surface area contributed by atoms with E-state index in [9.17, 15) is 4.79 Å². The number of carbonyl (C=O) groups excluding carboxylic acids is 1. The number of H-pyrrole nitrogens is 1. The van der Waals surface area contributed by atoms with E-state index in [0.29, 0.717) is 23.2 Å². The summed E-state index contributed by atoms with van der Waals surface area (Å²) < 4.78 is 0. The Labute approximate surface area is 110 Å². The van der Waals surface area contributed by atoms with Gasteiger partial charge in [0.25, 0.3) is 5.91 Å². The minimum absolute atomic E-state index is 0.437. The quantitative estimate of drug-likeness (QED) is 0.718. The molecule has 0 unspecified atom stereocenters. The summed E-state index contributed by atoms with van der Waals surface area (Å²) in [4.78, 5) is 21.6. The number of primary amides is 1. The number of aromatic amines is 1. The molecule has 0 spiro atoms. The van der Waals surface area contributed by atoms with Gasteiger partial charge in [0.1, 0.15) is 5.52 Å². The maximum Gasteiger partial charge on any atom is 0.250 e. The van der Waals surface area contributed by atoms with Gasteiger partial charge in [-0.1, -0.05) is 6.07 Å². The zero-order chi connectivity index (χ0) is 13.0. The standard InChI is InChI=1S/C13H15N5O/c14-12(19)9-2-1-3-10-11(9)17-13(16-10)18-6-7-4-8(18)5-15-7/h1-3,7-8,15H,4-6H2,(H2,14,19)(H,16,17)/t7-,8+/m0/s1. The van der Waals surface area contributed by atoms with Gasteiger partial charge < -0.3 is 20.9 Å². The summed E-state index contributed by atoms with van der Waals surface area (Å²) in [5.74, 6) is 0.408. The highest BCUT2D eigenvalue weighted by Crippen LogP contribution is 2.29. The molecule has 0 aliphatic carbocycles. The SMILES string of the molecule is NC(=O)c1cccc2[nH]c(N3C[C@@H]4C[C@@H]3CN4)nc12. The van der Waals surface area contributed by atoms with E-state index >= 15 is 0 Å². The number of piperazine rings is 1. The molecule has 2 aliphatic rings. The first-order valence-electron chi connectivity index (χ1n) is 6.51. The van der Waals surface area contributed by atoms with Gasteiger partial charge in [-0.25, -0.2) is 4.98 Å². The van der Waals surface area contributed by atoms with E-state index < -0.39 is 5.91 Å². The van der Waals surface area contributed by atoms with E-state index in [4.69, 9.17) is 5.73 Å². The molecule has 2 saturated heterocycles. The third-order valence-electron chi connectivity index (χ3n) is 4.09. The number of rotatable bonds is 2. The Bertz CT molecular complexity index is 664. The first-order chi connectivity index (χ1) is 9.22.